The maximum Gasteiger partial charge on any atom is 0.337 e. The van der Waals surface area contributed by atoms with Crippen molar-refractivity contribution in [2.24, 2.45) is 0 Å². The number of fused-ring (bicyclic) bond motifs is 1. The molecule has 1 saturated carbocycles. The molecule has 2 aromatic carbocycles. The van der Waals surface area contributed by atoms with Crippen molar-refractivity contribution < 1.29 is 9.90 Å². The zero-order valence-electron chi connectivity index (χ0n) is 18.9. The Morgan fingerprint density at radius 1 is 1.15 bits per heavy atom. The van der Waals surface area contributed by atoms with Gasteiger partial charge in [-0.2, -0.15) is 0 Å². The van der Waals surface area contributed by atoms with Crippen molar-refractivity contribution in [1.82, 2.24) is 10.3 Å². The van der Waals surface area contributed by atoms with Gasteiger partial charge in [0.05, 0.1) is 17.4 Å². The van der Waals surface area contributed by atoms with E-state index in [9.17, 15) is 9.90 Å². The fourth-order valence-electron chi connectivity index (χ4n) is 4.82. The number of carboxylic acid groups (broad SMARTS) is 1. The third-order valence-electron chi connectivity index (χ3n) is 7.08. The summed E-state index contributed by atoms with van der Waals surface area (Å²) < 4.78 is 0. The Labute approximate surface area is 194 Å². The molecule has 0 bridgehead atoms. The van der Waals surface area contributed by atoms with E-state index in [2.05, 4.69) is 70.0 Å². The summed E-state index contributed by atoms with van der Waals surface area (Å²) in [7, 11) is 2.12. The number of anilines is 3. The molecule has 0 saturated heterocycles. The maximum absolute atomic E-state index is 11.5. The van der Waals surface area contributed by atoms with E-state index in [1.807, 2.05) is 0 Å². The van der Waals surface area contributed by atoms with Crippen LogP contribution in [0.4, 0.5) is 17.1 Å². The first-order chi connectivity index (χ1) is 16.1. The highest BCUT2D eigenvalue weighted by Gasteiger charge is 2.22. The lowest BCUT2D eigenvalue weighted by molar-refractivity contribution is 0.0697. The summed E-state index contributed by atoms with van der Waals surface area (Å²) in [5.41, 5.74) is 7.21. The summed E-state index contributed by atoms with van der Waals surface area (Å²) in [6, 6.07) is 17.3. The summed E-state index contributed by atoms with van der Waals surface area (Å²) in [4.78, 5) is 17.8. The minimum atomic E-state index is -0.953. The average molecular weight is 443 g/mol. The first kappa shape index (κ1) is 21.5. The summed E-state index contributed by atoms with van der Waals surface area (Å²) in [6.45, 7) is 1.48. The van der Waals surface area contributed by atoms with Crippen LogP contribution in [-0.4, -0.2) is 36.2 Å². The van der Waals surface area contributed by atoms with Crippen molar-refractivity contribution in [3.05, 3.63) is 83.2 Å². The van der Waals surface area contributed by atoms with E-state index in [0.29, 0.717) is 12.2 Å². The molecule has 1 aliphatic carbocycles. The Kier molecular flexibility index (Phi) is 6.01. The Bertz CT molecular complexity index is 1140. The Morgan fingerprint density at radius 3 is 2.67 bits per heavy atom. The number of aromatic nitrogens is 1. The standard InChI is InChI=1S/C27H30N4O2/c1-31(21-7-5-19(6-8-21)18-3-2-4-18)22-9-10-23-20(15-22)11-14-29-26(23)17-30-25-16-28-13-12-24(25)27(32)33/h5-10,12-13,15-16,18,26,29-30H,2-4,11,14,17H2,1H3,(H,32,33). The van der Waals surface area contributed by atoms with Crippen LogP contribution in [0.25, 0.3) is 0 Å². The Hall–Kier alpha value is -3.38. The topological polar surface area (TPSA) is 77.5 Å². The summed E-state index contributed by atoms with van der Waals surface area (Å²) in [6.07, 6.45) is 8.05. The van der Waals surface area contributed by atoms with Gasteiger partial charge in [0, 0.05) is 37.2 Å². The molecule has 170 valence electrons. The second-order valence-electron chi connectivity index (χ2n) is 9.03. The lowest BCUT2D eigenvalue weighted by Gasteiger charge is -2.30. The Morgan fingerprint density at radius 2 is 1.94 bits per heavy atom. The number of carboxylic acids is 1. The van der Waals surface area contributed by atoms with E-state index < -0.39 is 5.97 Å². The number of carbonyl (C=O) groups is 1. The molecular formula is C27H30N4O2. The second-order valence-corrected chi connectivity index (χ2v) is 9.03. The van der Waals surface area contributed by atoms with Crippen LogP contribution in [0, 0.1) is 0 Å². The van der Waals surface area contributed by atoms with E-state index in [1.54, 1.807) is 6.20 Å². The molecule has 3 aromatic rings. The smallest absolute Gasteiger partial charge is 0.337 e. The van der Waals surface area contributed by atoms with Crippen LogP contribution in [0.15, 0.2) is 60.9 Å². The molecule has 5 rings (SSSR count). The molecular weight excluding hydrogens is 412 g/mol. The fraction of sp³-hybridized carbons (Fsp3) is 0.333. The van der Waals surface area contributed by atoms with Crippen molar-refractivity contribution in [2.45, 2.75) is 37.6 Å². The molecule has 1 aromatic heterocycles. The molecule has 0 radical (unpaired) electrons. The van der Waals surface area contributed by atoms with Gasteiger partial charge in [-0.25, -0.2) is 4.79 Å². The van der Waals surface area contributed by atoms with Crippen molar-refractivity contribution in [1.29, 1.82) is 0 Å². The van der Waals surface area contributed by atoms with Gasteiger partial charge < -0.3 is 20.6 Å². The zero-order valence-corrected chi connectivity index (χ0v) is 18.9. The van der Waals surface area contributed by atoms with E-state index in [0.717, 1.165) is 18.9 Å². The number of rotatable bonds is 7. The van der Waals surface area contributed by atoms with Crippen molar-refractivity contribution in [3.8, 4) is 0 Å². The number of pyridine rings is 1. The molecule has 6 heteroatoms. The average Bonchev–Trinajstić information content (AvgIpc) is 2.81. The molecule has 3 N–H and O–H groups in total. The first-order valence-electron chi connectivity index (χ1n) is 11.7. The molecule has 0 amide bonds. The third kappa shape index (κ3) is 4.44. The van der Waals surface area contributed by atoms with Crippen LogP contribution in [0.2, 0.25) is 0 Å². The molecule has 6 nitrogen and oxygen atoms in total. The molecule has 1 fully saturated rings. The summed E-state index contributed by atoms with van der Waals surface area (Å²) in [5, 5.41) is 16.2. The van der Waals surface area contributed by atoms with Gasteiger partial charge in [-0.1, -0.05) is 24.6 Å². The number of aromatic carboxylic acids is 1. The van der Waals surface area contributed by atoms with E-state index in [4.69, 9.17) is 0 Å². The normalized spacial score (nSPS) is 17.7. The SMILES string of the molecule is CN(c1ccc(C2CCC2)cc1)c1ccc2c(c1)CCNC2CNc1cnccc1C(=O)O. The number of nitrogens with one attached hydrogen (secondary N) is 2. The van der Waals surface area contributed by atoms with Crippen LogP contribution in [0.5, 0.6) is 0 Å². The van der Waals surface area contributed by atoms with E-state index in [1.165, 1.54) is 59.6 Å². The maximum atomic E-state index is 11.5. The fourth-order valence-corrected chi connectivity index (χ4v) is 4.82. The second kappa shape index (κ2) is 9.24. The quantitative estimate of drug-likeness (QED) is 0.472. The van der Waals surface area contributed by atoms with Crippen LogP contribution >= 0.6 is 0 Å². The van der Waals surface area contributed by atoms with Gasteiger partial charge in [0.15, 0.2) is 0 Å². The monoisotopic (exact) mass is 442 g/mol. The van der Waals surface area contributed by atoms with Crippen molar-refractivity contribution >= 4 is 23.0 Å². The lowest BCUT2D eigenvalue weighted by Crippen LogP contribution is -2.34. The molecule has 1 unspecified atom stereocenters. The predicted octanol–water partition coefficient (Wildman–Crippen LogP) is 5.11. The van der Waals surface area contributed by atoms with Gasteiger partial charge in [-0.3, -0.25) is 4.98 Å². The molecule has 1 aliphatic heterocycles. The van der Waals surface area contributed by atoms with Gasteiger partial charge in [0.25, 0.3) is 0 Å². The van der Waals surface area contributed by atoms with Crippen molar-refractivity contribution in [3.63, 3.8) is 0 Å². The molecule has 2 heterocycles. The van der Waals surface area contributed by atoms with E-state index >= 15 is 0 Å². The summed E-state index contributed by atoms with van der Waals surface area (Å²) in [5.74, 6) is -0.199. The van der Waals surface area contributed by atoms with E-state index in [-0.39, 0.29) is 11.6 Å². The van der Waals surface area contributed by atoms with Gasteiger partial charge in [0.1, 0.15) is 0 Å². The van der Waals surface area contributed by atoms with Crippen LogP contribution < -0.4 is 15.5 Å². The van der Waals surface area contributed by atoms with Gasteiger partial charge >= 0.3 is 5.97 Å². The molecule has 0 spiro atoms. The van der Waals surface area contributed by atoms with Crippen LogP contribution in [0.3, 0.4) is 0 Å². The highest BCUT2D eigenvalue weighted by Crippen LogP contribution is 2.37. The summed E-state index contributed by atoms with van der Waals surface area (Å²) >= 11 is 0. The predicted molar refractivity (Wildman–Crippen MR) is 132 cm³/mol. The van der Waals surface area contributed by atoms with Gasteiger partial charge in [-0.15, -0.1) is 0 Å². The highest BCUT2D eigenvalue weighted by molar-refractivity contribution is 5.93. The minimum Gasteiger partial charge on any atom is -0.478 e. The van der Waals surface area contributed by atoms with Gasteiger partial charge in [0.2, 0.25) is 0 Å². The van der Waals surface area contributed by atoms with Crippen molar-refractivity contribution in [2.75, 3.05) is 30.4 Å². The molecule has 2 aliphatic rings. The first-order valence-corrected chi connectivity index (χ1v) is 11.7. The number of nitrogens with zero attached hydrogens (tertiary/aromatic N) is 2. The number of benzene rings is 2. The largest absolute Gasteiger partial charge is 0.478 e. The highest BCUT2D eigenvalue weighted by atomic mass is 16.4. The number of hydrogen-bond acceptors (Lipinski definition) is 5. The Balaban J connectivity index is 1.30. The minimum absolute atomic E-state index is 0.108. The van der Waals surface area contributed by atoms with Crippen LogP contribution in [-0.2, 0) is 6.42 Å². The third-order valence-corrected chi connectivity index (χ3v) is 7.08. The molecule has 33 heavy (non-hydrogen) atoms. The zero-order chi connectivity index (χ0) is 22.8. The van der Waals surface area contributed by atoms with Crippen LogP contribution in [0.1, 0.15) is 58.3 Å². The van der Waals surface area contributed by atoms with Gasteiger partial charge in [-0.05, 0) is 78.7 Å². The molecule has 1 atom stereocenters. The number of hydrogen-bond donors (Lipinski definition) is 3. The lowest BCUT2D eigenvalue weighted by atomic mass is 9.80.